The number of aromatic nitrogens is 3. The molecule has 16 heteroatoms. The van der Waals surface area contributed by atoms with Crippen LogP contribution < -0.4 is 32.7 Å². The first-order valence-electron chi connectivity index (χ1n) is 20.2. The molecule has 0 fully saturated rings. The maximum Gasteiger partial charge on any atom is 0.243 e. The average Bonchev–Trinajstić information content (AvgIpc) is 3.83. The van der Waals surface area contributed by atoms with Crippen molar-refractivity contribution < 1.29 is 29.1 Å². The Bertz CT molecular complexity index is 2560. The van der Waals surface area contributed by atoms with Crippen LogP contribution in [0.1, 0.15) is 49.9 Å². The van der Waals surface area contributed by atoms with Gasteiger partial charge >= 0.3 is 0 Å². The van der Waals surface area contributed by atoms with Crippen molar-refractivity contribution in [1.82, 2.24) is 36.2 Å². The van der Waals surface area contributed by atoms with Crippen LogP contribution in [0.3, 0.4) is 0 Å². The van der Waals surface area contributed by atoms with E-state index in [1.807, 2.05) is 24.3 Å². The van der Waals surface area contributed by atoms with Crippen LogP contribution in [0.5, 0.6) is 5.75 Å². The molecule has 15 nitrogen and oxygen atoms in total. The van der Waals surface area contributed by atoms with E-state index in [0.29, 0.717) is 32.6 Å². The first-order valence-corrected chi connectivity index (χ1v) is 20.5. The first-order chi connectivity index (χ1) is 29.4. The highest BCUT2D eigenvalue weighted by atomic mass is 35.5. The number of para-hydroxylation sites is 1. The molecular weight excluding hydrogens is 810 g/mol. The van der Waals surface area contributed by atoms with Gasteiger partial charge in [0.15, 0.2) is 0 Å². The molecule has 6 aromatic rings. The van der Waals surface area contributed by atoms with E-state index in [1.54, 1.807) is 101 Å². The van der Waals surface area contributed by atoms with E-state index >= 15 is 0 Å². The summed E-state index contributed by atoms with van der Waals surface area (Å²) in [6.45, 7) is 6.77. The normalized spacial score (nSPS) is 13.8. The summed E-state index contributed by atoms with van der Waals surface area (Å²) in [6.07, 6.45) is 6.55. The topological polar surface area (TPSA) is 250 Å². The third-order valence-corrected chi connectivity index (χ3v) is 11.8. The molecule has 5 amide bonds. The van der Waals surface area contributed by atoms with Crippen molar-refractivity contribution in [2.75, 3.05) is 0 Å². The molecule has 0 spiro atoms. The lowest BCUT2D eigenvalue weighted by molar-refractivity contribution is -0.137. The smallest absolute Gasteiger partial charge is 0.243 e. The number of benzene rings is 3. The van der Waals surface area contributed by atoms with Gasteiger partial charge < -0.3 is 47.8 Å². The number of H-pyrrole nitrogens is 2. The van der Waals surface area contributed by atoms with E-state index < -0.39 is 64.7 Å². The number of rotatable bonds is 18. The van der Waals surface area contributed by atoms with E-state index in [9.17, 15) is 29.1 Å². The van der Waals surface area contributed by atoms with Crippen LogP contribution in [0.25, 0.3) is 21.8 Å². The van der Waals surface area contributed by atoms with Gasteiger partial charge in [0, 0.05) is 82.8 Å². The summed E-state index contributed by atoms with van der Waals surface area (Å²) in [4.78, 5) is 80.5. The van der Waals surface area contributed by atoms with Crippen LogP contribution in [-0.4, -0.2) is 79.3 Å². The van der Waals surface area contributed by atoms with Gasteiger partial charge in [0.1, 0.15) is 29.9 Å². The van der Waals surface area contributed by atoms with Gasteiger partial charge in [0.25, 0.3) is 0 Å². The molecule has 62 heavy (non-hydrogen) atoms. The molecule has 1 unspecified atom stereocenters. The zero-order valence-corrected chi connectivity index (χ0v) is 35.7. The molecule has 6 rings (SSSR count). The van der Waals surface area contributed by atoms with E-state index in [4.69, 9.17) is 23.1 Å². The Labute approximate surface area is 363 Å². The molecule has 11 N–H and O–H groups in total. The monoisotopic (exact) mass is 861 g/mol. The van der Waals surface area contributed by atoms with Crippen molar-refractivity contribution in [3.05, 3.63) is 131 Å². The van der Waals surface area contributed by atoms with Crippen molar-refractivity contribution >= 4 is 62.9 Å². The van der Waals surface area contributed by atoms with Gasteiger partial charge in [-0.15, -0.1) is 0 Å². The summed E-state index contributed by atoms with van der Waals surface area (Å²) in [7, 11) is 0. The third kappa shape index (κ3) is 10.8. The maximum atomic E-state index is 14.6. The Morgan fingerprint density at radius 3 is 1.82 bits per heavy atom. The molecule has 0 saturated heterocycles. The van der Waals surface area contributed by atoms with Gasteiger partial charge in [-0.3, -0.25) is 29.0 Å². The summed E-state index contributed by atoms with van der Waals surface area (Å²) in [5.74, 6) is -3.39. The summed E-state index contributed by atoms with van der Waals surface area (Å²) in [5, 5.41) is 23.5. The van der Waals surface area contributed by atoms with Gasteiger partial charge in [0.05, 0.1) is 5.41 Å². The van der Waals surface area contributed by atoms with Crippen LogP contribution in [0.15, 0.2) is 104 Å². The molecule has 0 aliphatic heterocycles. The van der Waals surface area contributed by atoms with E-state index in [1.165, 1.54) is 6.07 Å². The van der Waals surface area contributed by atoms with Crippen molar-refractivity contribution in [2.45, 2.75) is 83.1 Å². The average molecular weight is 862 g/mol. The number of pyridine rings is 1. The lowest BCUT2D eigenvalue weighted by Gasteiger charge is -2.38. The number of amides is 5. The Morgan fingerprint density at radius 2 is 1.23 bits per heavy atom. The minimum Gasteiger partial charge on any atom is -0.508 e. The Hall–Kier alpha value is -6.71. The highest BCUT2D eigenvalue weighted by Gasteiger charge is 2.42. The van der Waals surface area contributed by atoms with Gasteiger partial charge in [-0.25, -0.2) is 0 Å². The number of aromatic hydroxyl groups is 1. The fraction of sp³-hybridized carbons (Fsp3) is 0.304. The number of hydrogen-bond donors (Lipinski definition) is 9. The second kappa shape index (κ2) is 18.9. The number of carbonyl (C=O) groups excluding carboxylic acids is 5. The van der Waals surface area contributed by atoms with Crippen molar-refractivity contribution in [3.63, 3.8) is 0 Å². The Morgan fingerprint density at radius 1 is 0.677 bits per heavy atom. The van der Waals surface area contributed by atoms with Gasteiger partial charge in [-0.05, 0) is 92.4 Å². The SMILES string of the molecule is CC(C)(N)C(C)(C)C(=O)N[C@@H](Cc1c[nH]c2ccc(O)cc12)C(=O)N[C@@H](Cc1ccc(Cl)cc1)C(=O)NC(Cc1cccnc1)C(=O)N[C@H](Cc1c[nH]c2ccccc12)C(N)=O. The second-order valence-corrected chi connectivity index (χ2v) is 17.1. The molecule has 3 heterocycles. The van der Waals surface area contributed by atoms with Crippen LogP contribution in [0.2, 0.25) is 5.02 Å². The fourth-order valence-electron chi connectivity index (χ4n) is 6.99. The van der Waals surface area contributed by atoms with Crippen molar-refractivity contribution in [1.29, 1.82) is 0 Å². The van der Waals surface area contributed by atoms with Crippen LogP contribution in [0, 0.1) is 5.41 Å². The molecule has 0 aliphatic rings. The van der Waals surface area contributed by atoms with Crippen LogP contribution in [-0.2, 0) is 49.7 Å². The Balaban J connectivity index is 1.30. The summed E-state index contributed by atoms with van der Waals surface area (Å²) < 4.78 is 0. The number of nitrogens with two attached hydrogens (primary N) is 2. The summed E-state index contributed by atoms with van der Waals surface area (Å²) >= 11 is 6.19. The van der Waals surface area contributed by atoms with E-state index in [0.717, 1.165) is 16.5 Å². The third-order valence-electron chi connectivity index (χ3n) is 11.5. The molecule has 4 atom stereocenters. The number of nitrogens with one attached hydrogen (secondary N) is 6. The van der Waals surface area contributed by atoms with Crippen molar-refractivity contribution in [2.24, 2.45) is 16.9 Å². The van der Waals surface area contributed by atoms with Crippen molar-refractivity contribution in [3.8, 4) is 5.75 Å². The fourth-order valence-corrected chi connectivity index (χ4v) is 7.11. The number of phenols is 1. The molecular formula is C46H52ClN9O6. The number of fused-ring (bicyclic) bond motifs is 2. The lowest BCUT2D eigenvalue weighted by atomic mass is 9.74. The number of halogens is 1. The Kier molecular flexibility index (Phi) is 13.7. The first kappa shape index (κ1) is 44.8. The largest absolute Gasteiger partial charge is 0.508 e. The number of aromatic amines is 2. The van der Waals surface area contributed by atoms with Crippen LogP contribution in [0.4, 0.5) is 0 Å². The van der Waals surface area contributed by atoms with Gasteiger partial charge in [-0.1, -0.05) is 48.0 Å². The maximum absolute atomic E-state index is 14.6. The molecule has 0 radical (unpaired) electrons. The lowest BCUT2D eigenvalue weighted by Crippen LogP contribution is -2.61. The molecule has 0 saturated carbocycles. The minimum atomic E-state index is -1.29. The molecule has 0 bridgehead atoms. The quantitative estimate of drug-likeness (QED) is 0.0613. The second-order valence-electron chi connectivity index (χ2n) is 16.7. The standard InChI is InChI=1S/C46H52ClN9O6/c1-45(2,46(3,4)49)44(62)56-39(21-29-25-52-35-16-15-31(57)22-33(29)35)43(61)54-37(18-26-11-13-30(47)14-12-26)42(60)55-38(19-27-8-7-17-50-23-27)41(59)53-36(40(48)58)20-28-24-51-34-10-6-5-9-32(28)34/h5-17,22-25,36-39,51-52,57H,18-21,49H2,1-4H3,(H2,48,58)(H,53,59)(H,54,61)(H,55,60)(H,56,62)/t36-,37+,38?,39+/m1/s1. The highest BCUT2D eigenvalue weighted by Crippen LogP contribution is 2.29. The zero-order valence-electron chi connectivity index (χ0n) is 34.9. The van der Waals surface area contributed by atoms with Gasteiger partial charge in [0.2, 0.25) is 29.5 Å². The van der Waals surface area contributed by atoms with E-state index in [2.05, 4.69) is 36.2 Å². The number of primary amides is 1. The number of hydrogen-bond acceptors (Lipinski definition) is 8. The zero-order chi connectivity index (χ0) is 44.8. The number of phenolic OH excluding ortho intramolecular Hbond substituents is 1. The molecule has 3 aromatic carbocycles. The molecule has 324 valence electrons. The number of carbonyl (C=O) groups is 5. The van der Waals surface area contributed by atoms with E-state index in [-0.39, 0.29) is 31.4 Å². The molecule has 0 aliphatic carbocycles. The minimum absolute atomic E-state index is 0.0130. The summed E-state index contributed by atoms with van der Waals surface area (Å²) in [6, 6.07) is 17.5. The summed E-state index contributed by atoms with van der Waals surface area (Å²) in [5.41, 5.74) is 14.3. The predicted molar refractivity (Wildman–Crippen MR) is 238 cm³/mol. The predicted octanol–water partition coefficient (Wildman–Crippen LogP) is 3.86. The van der Waals surface area contributed by atoms with Gasteiger partial charge in [-0.2, -0.15) is 0 Å². The molecule has 3 aromatic heterocycles. The highest BCUT2D eigenvalue weighted by molar-refractivity contribution is 6.30. The van der Waals surface area contributed by atoms with Crippen LogP contribution >= 0.6 is 11.6 Å². The number of nitrogens with zero attached hydrogens (tertiary/aromatic N) is 1.